The average molecular weight is 478 g/mol. The van der Waals surface area contributed by atoms with Crippen LogP contribution in [-0.2, 0) is 36.6 Å². The molecule has 0 radical (unpaired) electrons. The number of amides is 1. The van der Waals surface area contributed by atoms with Gasteiger partial charge in [-0.3, -0.25) is 28.2 Å². The fourth-order valence-corrected chi connectivity index (χ4v) is 5.75. The van der Waals surface area contributed by atoms with Crippen LogP contribution >= 0.6 is 0 Å². The zero-order valence-corrected chi connectivity index (χ0v) is 19.9. The zero-order valence-electron chi connectivity index (χ0n) is 19.1. The van der Waals surface area contributed by atoms with Crippen molar-refractivity contribution < 1.29 is 9.35 Å². The van der Waals surface area contributed by atoms with E-state index in [2.05, 4.69) is 16.8 Å². The molecule has 10 heteroatoms. The van der Waals surface area contributed by atoms with Gasteiger partial charge in [-0.15, -0.1) is 0 Å². The molecule has 174 valence electrons. The van der Waals surface area contributed by atoms with Gasteiger partial charge in [0.05, 0.1) is 23.3 Å². The van der Waals surface area contributed by atoms with E-state index in [0.717, 1.165) is 47.2 Å². The zero-order chi connectivity index (χ0) is 23.9. The molecule has 2 aliphatic carbocycles. The lowest BCUT2D eigenvalue weighted by atomic mass is 9.95. The fourth-order valence-electron chi connectivity index (χ4n) is 5.06. The van der Waals surface area contributed by atoms with Crippen molar-refractivity contribution in [1.29, 1.82) is 0 Å². The first-order chi connectivity index (χ1) is 16.2. The van der Waals surface area contributed by atoms with Gasteiger partial charge in [-0.25, -0.2) is 4.79 Å². The molecule has 1 aromatic carbocycles. The van der Waals surface area contributed by atoms with Crippen molar-refractivity contribution >= 4 is 39.6 Å². The van der Waals surface area contributed by atoms with Crippen LogP contribution in [-0.4, -0.2) is 35.4 Å². The van der Waals surface area contributed by atoms with Crippen LogP contribution in [0.15, 0.2) is 32.9 Å². The van der Waals surface area contributed by atoms with Crippen LogP contribution in [0.5, 0.6) is 0 Å². The van der Waals surface area contributed by atoms with Crippen molar-refractivity contribution in [2.45, 2.75) is 37.4 Å². The van der Waals surface area contributed by atoms with Crippen molar-refractivity contribution in [3.63, 3.8) is 0 Å². The molecule has 9 nitrogen and oxygen atoms in total. The second-order valence-electron chi connectivity index (χ2n) is 9.42. The van der Waals surface area contributed by atoms with E-state index in [4.69, 9.17) is 0 Å². The summed E-state index contributed by atoms with van der Waals surface area (Å²) in [6, 6.07) is 5.76. The Balaban J connectivity index is 1.29. The predicted molar refractivity (Wildman–Crippen MR) is 127 cm³/mol. The Hall–Kier alpha value is -3.29. The SMILES string of the molecule is Cn1c(=O)c2c(nc([S+](C)[O-])n2C)n(CC#Cc2cc3cc(c2)N3C(=O)C2(C3CC3)CC2)c1=O. The molecular weight excluding hydrogens is 454 g/mol. The van der Waals surface area contributed by atoms with Gasteiger partial charge in [-0.05, 0) is 49.8 Å². The normalized spacial score (nSPS) is 18.3. The number of rotatable bonds is 4. The predicted octanol–water partition coefficient (Wildman–Crippen LogP) is 1.39. The van der Waals surface area contributed by atoms with Gasteiger partial charge < -0.3 is 4.55 Å². The summed E-state index contributed by atoms with van der Waals surface area (Å²) in [5.74, 6) is 6.84. The molecule has 4 heterocycles. The number of carbonyl (C=O) groups is 1. The maximum Gasteiger partial charge on any atom is 0.333 e. The highest BCUT2D eigenvalue weighted by atomic mass is 32.2. The van der Waals surface area contributed by atoms with Gasteiger partial charge in [-0.2, -0.15) is 4.98 Å². The van der Waals surface area contributed by atoms with Crippen molar-refractivity contribution in [1.82, 2.24) is 18.7 Å². The molecular formula is C24H23N5O4S. The van der Waals surface area contributed by atoms with Crippen LogP contribution in [0.3, 0.4) is 0 Å². The summed E-state index contributed by atoms with van der Waals surface area (Å²) in [5.41, 5.74) is 1.70. The largest absolute Gasteiger partial charge is 0.609 e. The highest BCUT2D eigenvalue weighted by molar-refractivity contribution is 7.90. The molecule has 0 saturated heterocycles. The molecule has 2 aliphatic heterocycles. The quantitative estimate of drug-likeness (QED) is 0.417. The maximum absolute atomic E-state index is 13.1. The molecule has 2 fully saturated rings. The number of fused-ring (bicyclic) bond motifs is 3. The Labute approximate surface area is 198 Å². The minimum atomic E-state index is -1.42. The fraction of sp³-hybridized carbons (Fsp3) is 0.417. The molecule has 0 N–H and O–H groups in total. The number of aromatic nitrogens is 4. The van der Waals surface area contributed by atoms with Crippen LogP contribution < -0.4 is 16.1 Å². The number of benzene rings is 1. The minimum Gasteiger partial charge on any atom is -0.609 e. The van der Waals surface area contributed by atoms with E-state index in [0.29, 0.717) is 5.92 Å². The van der Waals surface area contributed by atoms with Crippen LogP contribution in [0.1, 0.15) is 31.2 Å². The number of aryl methyl sites for hydroxylation is 1. The van der Waals surface area contributed by atoms with Crippen molar-refractivity contribution in [2.24, 2.45) is 25.4 Å². The Bertz CT molecular complexity index is 1550. The number of anilines is 2. The van der Waals surface area contributed by atoms with Crippen LogP contribution in [0.2, 0.25) is 0 Å². The number of nitrogens with zero attached hydrogens (tertiary/aromatic N) is 5. The van der Waals surface area contributed by atoms with E-state index in [1.807, 2.05) is 23.1 Å². The standard InChI is InChI=1S/C24H23N5O4S/c1-26-18-19(25-22(26)34(3)33)28(23(32)27(2)20(18)30)10-4-5-14-11-16-13-17(12-14)29(16)21(31)24(8-9-24)15-6-7-15/h11-13,15H,6-10H2,1-3H3. The lowest BCUT2D eigenvalue weighted by Crippen LogP contribution is -2.38. The van der Waals surface area contributed by atoms with Gasteiger partial charge in [-0.1, -0.05) is 11.8 Å². The second kappa shape index (κ2) is 7.10. The first-order valence-electron chi connectivity index (χ1n) is 11.2. The summed E-state index contributed by atoms with van der Waals surface area (Å²) in [6.45, 7) is 0.0171. The summed E-state index contributed by atoms with van der Waals surface area (Å²) in [6.07, 6.45) is 5.78. The van der Waals surface area contributed by atoms with Crippen molar-refractivity contribution in [3.8, 4) is 11.8 Å². The third-order valence-corrected chi connectivity index (χ3v) is 8.12. The van der Waals surface area contributed by atoms with E-state index in [1.54, 1.807) is 7.05 Å². The van der Waals surface area contributed by atoms with E-state index in [-0.39, 0.29) is 34.2 Å². The molecule has 1 atom stereocenters. The number of imidazole rings is 1. The Morgan fingerprint density at radius 3 is 2.44 bits per heavy atom. The van der Waals surface area contributed by atoms with Crippen LogP contribution in [0.4, 0.5) is 11.4 Å². The van der Waals surface area contributed by atoms with E-state index in [9.17, 15) is 18.9 Å². The highest BCUT2D eigenvalue weighted by Gasteiger charge is 2.61. The molecule has 2 saturated carbocycles. The molecule has 2 bridgehead atoms. The average Bonchev–Trinajstić information content (AvgIpc) is 3.70. The number of hydrogen-bond acceptors (Lipinski definition) is 5. The molecule has 7 rings (SSSR count). The first kappa shape index (κ1) is 21.3. The molecule has 1 unspecified atom stereocenters. The van der Waals surface area contributed by atoms with Gasteiger partial charge in [0.25, 0.3) is 5.56 Å². The van der Waals surface area contributed by atoms with Gasteiger partial charge >= 0.3 is 10.8 Å². The maximum atomic E-state index is 13.1. The topological polar surface area (TPSA) is 105 Å². The summed E-state index contributed by atoms with van der Waals surface area (Å²) in [4.78, 5) is 44.6. The molecule has 3 aromatic rings. The lowest BCUT2D eigenvalue weighted by molar-refractivity contribution is -0.123. The van der Waals surface area contributed by atoms with Gasteiger partial charge in [0, 0.05) is 30.8 Å². The van der Waals surface area contributed by atoms with Crippen molar-refractivity contribution in [3.05, 3.63) is 44.6 Å². The highest BCUT2D eigenvalue weighted by Crippen LogP contribution is 2.63. The van der Waals surface area contributed by atoms with E-state index < -0.39 is 22.4 Å². The third-order valence-electron chi connectivity index (χ3n) is 7.24. The van der Waals surface area contributed by atoms with E-state index >= 15 is 0 Å². The van der Waals surface area contributed by atoms with E-state index in [1.165, 1.54) is 22.4 Å². The molecule has 34 heavy (non-hydrogen) atoms. The third kappa shape index (κ3) is 2.93. The summed E-state index contributed by atoms with van der Waals surface area (Å²) < 4.78 is 15.8. The Kier molecular flexibility index (Phi) is 4.44. The number of hydrogen-bond donors (Lipinski definition) is 0. The van der Waals surface area contributed by atoms with Gasteiger partial charge in [0.15, 0.2) is 11.2 Å². The minimum absolute atomic E-state index is 0.0171. The van der Waals surface area contributed by atoms with Crippen LogP contribution in [0, 0.1) is 23.2 Å². The second-order valence-corrected chi connectivity index (χ2v) is 10.7. The molecule has 1 amide bonds. The van der Waals surface area contributed by atoms with Crippen molar-refractivity contribution in [2.75, 3.05) is 11.2 Å². The van der Waals surface area contributed by atoms with Gasteiger partial charge in [0.2, 0.25) is 5.91 Å². The Morgan fingerprint density at radius 2 is 1.85 bits per heavy atom. The smallest absolute Gasteiger partial charge is 0.333 e. The molecule has 0 spiro atoms. The summed E-state index contributed by atoms with van der Waals surface area (Å²) in [5, 5.41) is 0.218. The first-order valence-corrected chi connectivity index (χ1v) is 12.8. The lowest BCUT2D eigenvalue weighted by Gasteiger charge is -2.35. The van der Waals surface area contributed by atoms with Gasteiger partial charge in [0.1, 0.15) is 6.26 Å². The monoisotopic (exact) mass is 477 g/mol. The van der Waals surface area contributed by atoms with Crippen LogP contribution in [0.25, 0.3) is 11.2 Å². The number of carbonyl (C=O) groups excluding carboxylic acids is 1. The Morgan fingerprint density at radius 1 is 1.18 bits per heavy atom. The summed E-state index contributed by atoms with van der Waals surface area (Å²) in [7, 11) is 3.01. The summed E-state index contributed by atoms with van der Waals surface area (Å²) >= 11 is -1.42. The molecule has 2 aromatic heterocycles. The molecule has 4 aliphatic rings.